The lowest BCUT2D eigenvalue weighted by atomic mass is 9.98. The first-order valence-corrected chi connectivity index (χ1v) is 8.69. The summed E-state index contributed by atoms with van der Waals surface area (Å²) in [6.45, 7) is 12.9. The van der Waals surface area contributed by atoms with Crippen molar-refractivity contribution in [3.05, 3.63) is 48.1 Å². The van der Waals surface area contributed by atoms with E-state index in [0.717, 1.165) is 18.2 Å². The molecular formula is C20H34N2. The van der Waals surface area contributed by atoms with Crippen molar-refractivity contribution in [1.82, 2.24) is 9.97 Å². The fourth-order valence-corrected chi connectivity index (χ4v) is 2.09. The van der Waals surface area contributed by atoms with Gasteiger partial charge in [-0.2, -0.15) is 0 Å². The van der Waals surface area contributed by atoms with Crippen LogP contribution in [0.15, 0.2) is 42.3 Å². The number of hydrogen-bond donors (Lipinski definition) is 0. The van der Waals surface area contributed by atoms with Crippen molar-refractivity contribution in [2.75, 3.05) is 0 Å². The minimum Gasteiger partial charge on any atom is -0.241 e. The Kier molecular flexibility index (Phi) is 12.4. The van der Waals surface area contributed by atoms with Gasteiger partial charge in [0.05, 0.1) is 0 Å². The normalized spacial score (nSPS) is 13.0. The summed E-state index contributed by atoms with van der Waals surface area (Å²) in [5.74, 6) is 2.38. The molecule has 22 heavy (non-hydrogen) atoms. The van der Waals surface area contributed by atoms with E-state index < -0.39 is 0 Å². The van der Waals surface area contributed by atoms with Gasteiger partial charge >= 0.3 is 0 Å². The van der Waals surface area contributed by atoms with Gasteiger partial charge in [-0.25, -0.2) is 9.97 Å². The van der Waals surface area contributed by atoms with Crippen molar-refractivity contribution in [3.63, 3.8) is 0 Å². The van der Waals surface area contributed by atoms with Gasteiger partial charge < -0.3 is 0 Å². The van der Waals surface area contributed by atoms with Gasteiger partial charge in [0, 0.05) is 18.8 Å². The third-order valence-corrected chi connectivity index (χ3v) is 2.93. The van der Waals surface area contributed by atoms with E-state index in [-0.39, 0.29) is 0 Å². The molecule has 0 fully saturated rings. The molecule has 124 valence electrons. The average Bonchev–Trinajstić information content (AvgIpc) is 2.51. The van der Waals surface area contributed by atoms with Gasteiger partial charge in [0.1, 0.15) is 5.82 Å². The second-order valence-corrected chi connectivity index (χ2v) is 6.12. The van der Waals surface area contributed by atoms with Crippen LogP contribution in [0, 0.1) is 11.8 Å². The average molecular weight is 303 g/mol. The highest BCUT2D eigenvalue weighted by molar-refractivity contribution is 5.22. The Morgan fingerprint density at radius 3 is 1.95 bits per heavy atom. The fraction of sp³-hybridized carbons (Fsp3) is 0.600. The zero-order chi connectivity index (χ0) is 16.8. The molecule has 2 heteroatoms. The predicted molar refractivity (Wildman–Crippen MR) is 97.8 cm³/mol. The van der Waals surface area contributed by atoms with Gasteiger partial charge in [0.15, 0.2) is 0 Å². The Labute approximate surface area is 137 Å². The molecule has 1 aliphatic carbocycles. The second kappa shape index (κ2) is 13.2. The number of rotatable bonds is 4. The topological polar surface area (TPSA) is 25.8 Å². The molecular weight excluding hydrogens is 268 g/mol. The van der Waals surface area contributed by atoms with Gasteiger partial charge in [-0.3, -0.25) is 0 Å². The molecule has 1 aliphatic rings. The zero-order valence-electron chi connectivity index (χ0n) is 15.3. The predicted octanol–water partition coefficient (Wildman–Crippen LogP) is 6.01. The van der Waals surface area contributed by atoms with Gasteiger partial charge in [-0.15, -0.1) is 0 Å². The molecule has 0 aliphatic heterocycles. The van der Waals surface area contributed by atoms with E-state index in [1.165, 1.54) is 24.8 Å². The lowest BCUT2D eigenvalue weighted by molar-refractivity contribution is 0.620. The van der Waals surface area contributed by atoms with Crippen LogP contribution < -0.4 is 0 Å². The van der Waals surface area contributed by atoms with Crippen LogP contribution in [0.25, 0.3) is 0 Å². The quantitative estimate of drug-likeness (QED) is 0.680. The Bertz CT molecular complexity index is 417. The SMILES string of the molecule is CC.CC(C)CC1=CCCC=C1.CC(C)Cc1ncccn1. The highest BCUT2D eigenvalue weighted by Crippen LogP contribution is 2.17. The maximum atomic E-state index is 4.11. The van der Waals surface area contributed by atoms with E-state index in [0.29, 0.717) is 5.92 Å². The minimum absolute atomic E-state index is 0.641. The molecule has 0 saturated carbocycles. The number of nitrogens with zero attached hydrogens (tertiary/aromatic N) is 2. The first kappa shape index (κ1) is 20.6. The molecule has 0 atom stereocenters. The standard InChI is InChI=1S/C10H16.C8H12N2.C2H6/c1-9(2)8-10-6-4-3-5-7-10;1-7(2)6-8-9-4-3-5-10-8;1-2/h4,6-7,9H,3,5,8H2,1-2H3;3-5,7H,6H2,1-2H3;1-2H3. The first-order valence-electron chi connectivity index (χ1n) is 8.69. The molecule has 0 aromatic carbocycles. The van der Waals surface area contributed by atoms with Crippen molar-refractivity contribution in [2.45, 2.75) is 67.2 Å². The molecule has 1 aromatic rings. The molecule has 0 spiro atoms. The maximum Gasteiger partial charge on any atom is 0.128 e. The summed E-state index contributed by atoms with van der Waals surface area (Å²) in [6, 6.07) is 1.84. The van der Waals surface area contributed by atoms with Crippen molar-refractivity contribution in [3.8, 4) is 0 Å². The zero-order valence-corrected chi connectivity index (χ0v) is 15.3. The van der Waals surface area contributed by atoms with E-state index in [9.17, 15) is 0 Å². The van der Waals surface area contributed by atoms with Crippen LogP contribution in [0.1, 0.15) is 66.6 Å². The van der Waals surface area contributed by atoms with E-state index in [1.54, 1.807) is 12.4 Å². The van der Waals surface area contributed by atoms with E-state index in [1.807, 2.05) is 19.9 Å². The van der Waals surface area contributed by atoms with E-state index in [4.69, 9.17) is 0 Å². The lowest BCUT2D eigenvalue weighted by Crippen LogP contribution is -1.98. The summed E-state index contributed by atoms with van der Waals surface area (Å²) in [5, 5.41) is 0. The van der Waals surface area contributed by atoms with Gasteiger partial charge in [0.25, 0.3) is 0 Å². The molecule has 0 radical (unpaired) electrons. The molecule has 1 heterocycles. The van der Waals surface area contributed by atoms with Gasteiger partial charge in [-0.1, -0.05) is 65.3 Å². The molecule has 0 amide bonds. The number of hydrogen-bond acceptors (Lipinski definition) is 2. The maximum absolute atomic E-state index is 4.11. The van der Waals surface area contributed by atoms with E-state index in [2.05, 4.69) is 55.9 Å². The third-order valence-electron chi connectivity index (χ3n) is 2.93. The van der Waals surface area contributed by atoms with Crippen molar-refractivity contribution in [2.24, 2.45) is 11.8 Å². The number of aromatic nitrogens is 2. The van der Waals surface area contributed by atoms with Gasteiger partial charge in [0.2, 0.25) is 0 Å². The van der Waals surface area contributed by atoms with Crippen LogP contribution in [0.3, 0.4) is 0 Å². The fourth-order valence-electron chi connectivity index (χ4n) is 2.09. The minimum atomic E-state index is 0.641. The largest absolute Gasteiger partial charge is 0.241 e. The monoisotopic (exact) mass is 302 g/mol. The molecule has 2 rings (SSSR count). The van der Waals surface area contributed by atoms with Crippen molar-refractivity contribution < 1.29 is 0 Å². The molecule has 0 saturated heterocycles. The first-order chi connectivity index (χ1) is 10.6. The summed E-state index contributed by atoms with van der Waals surface area (Å²) in [6.07, 6.45) is 15.2. The molecule has 1 aromatic heterocycles. The summed E-state index contributed by atoms with van der Waals surface area (Å²) >= 11 is 0. The van der Waals surface area contributed by atoms with Crippen LogP contribution in [-0.4, -0.2) is 9.97 Å². The highest BCUT2D eigenvalue weighted by atomic mass is 14.8. The number of allylic oxidation sites excluding steroid dienone is 4. The lowest BCUT2D eigenvalue weighted by Gasteiger charge is -2.08. The third kappa shape index (κ3) is 11.2. The Morgan fingerprint density at radius 2 is 1.50 bits per heavy atom. The van der Waals surface area contributed by atoms with Crippen molar-refractivity contribution >= 4 is 0 Å². The smallest absolute Gasteiger partial charge is 0.128 e. The summed E-state index contributed by atoms with van der Waals surface area (Å²) in [4.78, 5) is 8.22. The van der Waals surface area contributed by atoms with Crippen LogP contribution in [0.2, 0.25) is 0 Å². The Balaban J connectivity index is 0.000000360. The van der Waals surface area contributed by atoms with Crippen LogP contribution >= 0.6 is 0 Å². The molecule has 0 N–H and O–H groups in total. The summed E-state index contributed by atoms with van der Waals surface area (Å²) < 4.78 is 0. The molecule has 0 bridgehead atoms. The second-order valence-electron chi connectivity index (χ2n) is 6.12. The van der Waals surface area contributed by atoms with Gasteiger partial charge in [-0.05, 0) is 37.2 Å². The summed E-state index contributed by atoms with van der Waals surface area (Å²) in [7, 11) is 0. The summed E-state index contributed by atoms with van der Waals surface area (Å²) in [5.41, 5.74) is 1.53. The molecule has 0 unspecified atom stereocenters. The Hall–Kier alpha value is -1.44. The molecule has 2 nitrogen and oxygen atoms in total. The highest BCUT2D eigenvalue weighted by Gasteiger charge is 1.99. The Morgan fingerprint density at radius 1 is 0.909 bits per heavy atom. The van der Waals surface area contributed by atoms with Crippen LogP contribution in [0.4, 0.5) is 0 Å². The van der Waals surface area contributed by atoms with Crippen molar-refractivity contribution in [1.29, 1.82) is 0 Å². The van der Waals surface area contributed by atoms with Crippen LogP contribution in [0.5, 0.6) is 0 Å². The van der Waals surface area contributed by atoms with Crippen LogP contribution in [-0.2, 0) is 6.42 Å². The van der Waals surface area contributed by atoms with E-state index >= 15 is 0 Å².